The van der Waals surface area contributed by atoms with E-state index < -0.39 is 0 Å². The molecule has 0 saturated carbocycles. The van der Waals surface area contributed by atoms with E-state index in [1.807, 2.05) is 0 Å². The molecule has 0 aromatic carbocycles. The summed E-state index contributed by atoms with van der Waals surface area (Å²) in [5, 5.41) is 3.46. The lowest BCUT2D eigenvalue weighted by Gasteiger charge is -2.17. The smallest absolute Gasteiger partial charge is 0.118 e. The molecule has 3 nitrogen and oxygen atoms in total. The first kappa shape index (κ1) is 14.6. The molecule has 1 aromatic heterocycles. The van der Waals surface area contributed by atoms with Gasteiger partial charge in [-0.15, -0.1) is 0 Å². The van der Waals surface area contributed by atoms with Gasteiger partial charge in [0.15, 0.2) is 0 Å². The minimum Gasteiger partial charge on any atom is -0.465 e. The standard InChI is InChI=1S/C16H28N2O/c1-13(2)17-11-15-10-16(19-14(15)3)12-18-8-6-4-5-7-9-18/h10,13,17H,4-9,11-12H2,1-3H3. The van der Waals surface area contributed by atoms with Crippen LogP contribution in [-0.4, -0.2) is 24.0 Å². The summed E-state index contributed by atoms with van der Waals surface area (Å²) in [4.78, 5) is 2.53. The van der Waals surface area contributed by atoms with Crippen LogP contribution in [0.15, 0.2) is 10.5 Å². The maximum Gasteiger partial charge on any atom is 0.118 e. The van der Waals surface area contributed by atoms with Crippen molar-refractivity contribution in [3.8, 4) is 0 Å². The van der Waals surface area contributed by atoms with E-state index in [0.29, 0.717) is 6.04 Å². The average Bonchev–Trinajstić information content (AvgIpc) is 2.56. The molecule has 1 aliphatic heterocycles. The number of rotatable bonds is 5. The van der Waals surface area contributed by atoms with Gasteiger partial charge < -0.3 is 9.73 Å². The Hall–Kier alpha value is -0.800. The summed E-state index contributed by atoms with van der Waals surface area (Å²) in [6.07, 6.45) is 5.44. The molecule has 0 unspecified atom stereocenters. The van der Waals surface area contributed by atoms with Crippen LogP contribution in [-0.2, 0) is 13.1 Å². The van der Waals surface area contributed by atoms with Crippen molar-refractivity contribution in [1.82, 2.24) is 10.2 Å². The Labute approximate surface area is 117 Å². The van der Waals surface area contributed by atoms with Crippen LogP contribution in [0.4, 0.5) is 0 Å². The molecule has 0 bridgehead atoms. The maximum atomic E-state index is 5.91. The van der Waals surface area contributed by atoms with Crippen LogP contribution in [0.2, 0.25) is 0 Å². The topological polar surface area (TPSA) is 28.4 Å². The van der Waals surface area contributed by atoms with Gasteiger partial charge in [0.05, 0.1) is 6.54 Å². The van der Waals surface area contributed by atoms with Gasteiger partial charge in [-0.1, -0.05) is 26.7 Å². The van der Waals surface area contributed by atoms with E-state index in [0.717, 1.165) is 24.6 Å². The zero-order valence-electron chi connectivity index (χ0n) is 12.7. The predicted octanol–water partition coefficient (Wildman–Crippen LogP) is 3.46. The van der Waals surface area contributed by atoms with Crippen LogP contribution in [0.5, 0.6) is 0 Å². The van der Waals surface area contributed by atoms with Crippen molar-refractivity contribution in [2.45, 2.75) is 65.6 Å². The van der Waals surface area contributed by atoms with E-state index >= 15 is 0 Å². The summed E-state index contributed by atoms with van der Waals surface area (Å²) in [7, 11) is 0. The first-order valence-corrected chi connectivity index (χ1v) is 7.69. The molecule has 1 fully saturated rings. The van der Waals surface area contributed by atoms with Crippen LogP contribution < -0.4 is 5.32 Å². The average molecular weight is 264 g/mol. The highest BCUT2D eigenvalue weighted by atomic mass is 16.3. The summed E-state index contributed by atoms with van der Waals surface area (Å²) in [6, 6.07) is 2.75. The Balaban J connectivity index is 1.91. The van der Waals surface area contributed by atoms with E-state index in [9.17, 15) is 0 Å². The third-order valence-corrected chi connectivity index (χ3v) is 3.85. The monoisotopic (exact) mass is 264 g/mol. The number of aryl methyl sites for hydroxylation is 1. The minimum atomic E-state index is 0.517. The fourth-order valence-electron chi connectivity index (χ4n) is 2.67. The quantitative estimate of drug-likeness (QED) is 0.883. The van der Waals surface area contributed by atoms with Gasteiger partial charge >= 0.3 is 0 Å². The van der Waals surface area contributed by atoms with Crippen molar-refractivity contribution in [2.75, 3.05) is 13.1 Å². The van der Waals surface area contributed by atoms with Crippen molar-refractivity contribution < 1.29 is 4.42 Å². The Morgan fingerprint density at radius 1 is 1.21 bits per heavy atom. The zero-order valence-corrected chi connectivity index (χ0v) is 12.7. The highest BCUT2D eigenvalue weighted by Crippen LogP contribution is 2.18. The predicted molar refractivity (Wildman–Crippen MR) is 79.2 cm³/mol. The van der Waals surface area contributed by atoms with Crippen LogP contribution in [0.3, 0.4) is 0 Å². The van der Waals surface area contributed by atoms with Gasteiger partial charge in [0, 0.05) is 18.2 Å². The second kappa shape index (κ2) is 7.11. The molecular weight excluding hydrogens is 236 g/mol. The number of furan rings is 1. The van der Waals surface area contributed by atoms with Crippen LogP contribution in [0.25, 0.3) is 0 Å². The molecule has 1 N–H and O–H groups in total. The van der Waals surface area contributed by atoms with Gasteiger partial charge in [-0.05, 0) is 38.9 Å². The molecule has 1 aliphatic rings. The number of hydrogen-bond acceptors (Lipinski definition) is 3. The molecule has 3 heteroatoms. The first-order valence-electron chi connectivity index (χ1n) is 7.69. The zero-order chi connectivity index (χ0) is 13.7. The van der Waals surface area contributed by atoms with E-state index in [1.54, 1.807) is 0 Å². The second-order valence-corrected chi connectivity index (χ2v) is 6.02. The Morgan fingerprint density at radius 2 is 1.89 bits per heavy atom. The molecule has 0 amide bonds. The van der Waals surface area contributed by atoms with Crippen LogP contribution >= 0.6 is 0 Å². The summed E-state index contributed by atoms with van der Waals surface area (Å²) >= 11 is 0. The van der Waals surface area contributed by atoms with Gasteiger partial charge in [0.25, 0.3) is 0 Å². The van der Waals surface area contributed by atoms with E-state index in [1.165, 1.54) is 44.3 Å². The fraction of sp³-hybridized carbons (Fsp3) is 0.750. The minimum absolute atomic E-state index is 0.517. The first-order chi connectivity index (χ1) is 9.15. The summed E-state index contributed by atoms with van der Waals surface area (Å²) in [5.74, 6) is 2.19. The van der Waals surface area contributed by atoms with Gasteiger partial charge in [-0.2, -0.15) is 0 Å². The van der Waals surface area contributed by atoms with Gasteiger partial charge in [0.2, 0.25) is 0 Å². The molecule has 2 rings (SSSR count). The molecule has 0 radical (unpaired) electrons. The second-order valence-electron chi connectivity index (χ2n) is 6.02. The molecule has 1 aromatic rings. The molecule has 0 spiro atoms. The fourth-order valence-corrected chi connectivity index (χ4v) is 2.67. The lowest BCUT2D eigenvalue weighted by Crippen LogP contribution is -2.23. The number of hydrogen-bond donors (Lipinski definition) is 1. The highest BCUT2D eigenvalue weighted by Gasteiger charge is 2.13. The lowest BCUT2D eigenvalue weighted by molar-refractivity contribution is 0.251. The number of nitrogens with one attached hydrogen (secondary N) is 1. The van der Waals surface area contributed by atoms with Crippen LogP contribution in [0.1, 0.15) is 56.6 Å². The van der Waals surface area contributed by atoms with Crippen molar-refractivity contribution in [3.05, 3.63) is 23.2 Å². The van der Waals surface area contributed by atoms with E-state index in [-0.39, 0.29) is 0 Å². The molecular formula is C16H28N2O. The van der Waals surface area contributed by atoms with Crippen molar-refractivity contribution in [2.24, 2.45) is 0 Å². The molecule has 108 valence electrons. The molecule has 0 aliphatic carbocycles. The number of likely N-dealkylation sites (tertiary alicyclic amines) is 1. The Morgan fingerprint density at radius 3 is 2.53 bits per heavy atom. The maximum absolute atomic E-state index is 5.91. The normalized spacial score (nSPS) is 17.9. The highest BCUT2D eigenvalue weighted by molar-refractivity contribution is 5.20. The van der Waals surface area contributed by atoms with E-state index in [4.69, 9.17) is 4.42 Å². The van der Waals surface area contributed by atoms with E-state index in [2.05, 4.69) is 37.1 Å². The molecule has 19 heavy (non-hydrogen) atoms. The van der Waals surface area contributed by atoms with Gasteiger partial charge in [-0.25, -0.2) is 0 Å². The SMILES string of the molecule is Cc1oc(CN2CCCCCC2)cc1CNC(C)C. The third-order valence-electron chi connectivity index (χ3n) is 3.85. The Kier molecular flexibility index (Phi) is 5.46. The van der Waals surface area contributed by atoms with Crippen LogP contribution in [0, 0.1) is 6.92 Å². The van der Waals surface area contributed by atoms with Gasteiger partial charge in [-0.3, -0.25) is 4.90 Å². The molecule has 1 saturated heterocycles. The molecule has 2 heterocycles. The molecule has 0 atom stereocenters. The Bertz CT molecular complexity index is 376. The largest absolute Gasteiger partial charge is 0.465 e. The summed E-state index contributed by atoms with van der Waals surface area (Å²) in [5.41, 5.74) is 1.30. The lowest BCUT2D eigenvalue weighted by atomic mass is 10.2. The van der Waals surface area contributed by atoms with Crippen molar-refractivity contribution in [3.63, 3.8) is 0 Å². The third kappa shape index (κ3) is 4.66. The number of nitrogens with zero attached hydrogens (tertiary/aromatic N) is 1. The van der Waals surface area contributed by atoms with Gasteiger partial charge in [0.1, 0.15) is 11.5 Å². The summed E-state index contributed by atoms with van der Waals surface area (Å²) in [6.45, 7) is 10.7. The van der Waals surface area contributed by atoms with Crippen molar-refractivity contribution in [1.29, 1.82) is 0 Å². The van der Waals surface area contributed by atoms with Crippen molar-refractivity contribution >= 4 is 0 Å². The summed E-state index contributed by atoms with van der Waals surface area (Å²) < 4.78 is 5.91.